The number of benzene rings is 2. The van der Waals surface area contributed by atoms with Crippen LogP contribution in [0.15, 0.2) is 47.8 Å². The maximum absolute atomic E-state index is 13.0. The smallest absolute Gasteiger partial charge is 0.273 e. The Morgan fingerprint density at radius 1 is 1.07 bits per heavy atom. The molecule has 3 rings (SSSR count). The summed E-state index contributed by atoms with van der Waals surface area (Å²) < 4.78 is 23.3. The minimum absolute atomic E-state index is 0.0206. The molecule has 0 aliphatic rings. The summed E-state index contributed by atoms with van der Waals surface area (Å²) in [6.07, 6.45) is -0.0206. The first kappa shape index (κ1) is 20.3. The van der Waals surface area contributed by atoms with Gasteiger partial charge in [-0.25, -0.2) is 9.37 Å². The normalized spacial score (nSPS) is 10.3. The number of hydrogen-bond donors (Lipinski definition) is 2. The van der Waals surface area contributed by atoms with Crippen molar-refractivity contribution >= 4 is 23.2 Å². The van der Waals surface area contributed by atoms with Crippen molar-refractivity contribution in [2.45, 2.75) is 6.42 Å². The zero-order chi connectivity index (χ0) is 20.8. The number of thiazole rings is 1. The van der Waals surface area contributed by atoms with Gasteiger partial charge in [0.25, 0.3) is 5.91 Å². The standard InChI is InChI=1S/C20H18FN3O4S/c1-27-15-7-8-17(28-2)16(10-15)19(26)24-23-18(25)9-14-11-29-20(22-14)12-3-5-13(21)6-4-12/h3-8,10-11H,9H2,1-2H3,(H,23,25)(H,24,26). The lowest BCUT2D eigenvalue weighted by atomic mass is 10.2. The molecule has 1 aromatic heterocycles. The predicted molar refractivity (Wildman–Crippen MR) is 106 cm³/mol. The van der Waals surface area contributed by atoms with Crippen LogP contribution in [-0.4, -0.2) is 31.0 Å². The first-order valence-corrected chi connectivity index (χ1v) is 9.39. The molecule has 0 saturated carbocycles. The third kappa shape index (κ3) is 5.08. The van der Waals surface area contributed by atoms with Crippen LogP contribution in [0.1, 0.15) is 16.1 Å². The number of ether oxygens (including phenoxy) is 2. The van der Waals surface area contributed by atoms with Crippen LogP contribution >= 0.6 is 11.3 Å². The fraction of sp³-hybridized carbons (Fsp3) is 0.150. The Morgan fingerprint density at radius 2 is 1.83 bits per heavy atom. The molecular weight excluding hydrogens is 397 g/mol. The second-order valence-electron chi connectivity index (χ2n) is 5.90. The van der Waals surface area contributed by atoms with Gasteiger partial charge < -0.3 is 9.47 Å². The van der Waals surface area contributed by atoms with E-state index < -0.39 is 11.8 Å². The number of carbonyl (C=O) groups excluding carboxylic acids is 2. The van der Waals surface area contributed by atoms with Crippen molar-refractivity contribution in [2.24, 2.45) is 0 Å². The van der Waals surface area contributed by atoms with Gasteiger partial charge in [-0.15, -0.1) is 11.3 Å². The molecule has 0 aliphatic heterocycles. The van der Waals surface area contributed by atoms with Crippen LogP contribution in [0.25, 0.3) is 10.6 Å². The number of methoxy groups -OCH3 is 2. The van der Waals surface area contributed by atoms with Crippen LogP contribution in [0, 0.1) is 5.82 Å². The van der Waals surface area contributed by atoms with Gasteiger partial charge in [-0.05, 0) is 42.5 Å². The number of halogens is 1. The minimum Gasteiger partial charge on any atom is -0.497 e. The molecule has 150 valence electrons. The van der Waals surface area contributed by atoms with Crippen LogP contribution in [0.4, 0.5) is 4.39 Å². The number of carbonyl (C=O) groups is 2. The van der Waals surface area contributed by atoms with E-state index in [4.69, 9.17) is 9.47 Å². The quantitative estimate of drug-likeness (QED) is 0.604. The number of hydrazine groups is 1. The van der Waals surface area contributed by atoms with Gasteiger partial charge >= 0.3 is 0 Å². The fourth-order valence-corrected chi connectivity index (χ4v) is 3.33. The van der Waals surface area contributed by atoms with Crippen LogP contribution in [0.2, 0.25) is 0 Å². The van der Waals surface area contributed by atoms with Crippen molar-refractivity contribution < 1.29 is 23.5 Å². The van der Waals surface area contributed by atoms with Gasteiger partial charge in [-0.3, -0.25) is 20.4 Å². The van der Waals surface area contributed by atoms with Crippen LogP contribution in [0.5, 0.6) is 11.5 Å². The average molecular weight is 415 g/mol. The zero-order valence-electron chi connectivity index (χ0n) is 15.7. The van der Waals surface area contributed by atoms with E-state index in [1.165, 1.54) is 43.8 Å². The second-order valence-corrected chi connectivity index (χ2v) is 6.75. The molecule has 0 fully saturated rings. The van der Waals surface area contributed by atoms with E-state index in [2.05, 4.69) is 15.8 Å². The number of nitrogens with one attached hydrogen (secondary N) is 2. The summed E-state index contributed by atoms with van der Waals surface area (Å²) in [5, 5.41) is 2.42. The van der Waals surface area contributed by atoms with E-state index in [1.807, 2.05) is 0 Å². The van der Waals surface area contributed by atoms with E-state index in [0.29, 0.717) is 22.2 Å². The predicted octanol–water partition coefficient (Wildman–Crippen LogP) is 2.97. The highest BCUT2D eigenvalue weighted by Gasteiger charge is 2.15. The lowest BCUT2D eigenvalue weighted by Gasteiger charge is -2.11. The molecule has 0 aliphatic carbocycles. The Balaban J connectivity index is 1.59. The van der Waals surface area contributed by atoms with Gasteiger partial charge in [0.1, 0.15) is 22.3 Å². The van der Waals surface area contributed by atoms with E-state index in [1.54, 1.807) is 29.6 Å². The second kappa shape index (κ2) is 9.16. The first-order valence-electron chi connectivity index (χ1n) is 8.51. The molecule has 7 nitrogen and oxygen atoms in total. The minimum atomic E-state index is -0.542. The molecular formula is C20H18FN3O4S. The molecule has 0 unspecified atom stereocenters. The third-order valence-electron chi connectivity index (χ3n) is 3.95. The lowest BCUT2D eigenvalue weighted by Crippen LogP contribution is -2.42. The molecule has 29 heavy (non-hydrogen) atoms. The lowest BCUT2D eigenvalue weighted by molar-refractivity contribution is -0.121. The van der Waals surface area contributed by atoms with E-state index in [-0.39, 0.29) is 17.8 Å². The summed E-state index contributed by atoms with van der Waals surface area (Å²) >= 11 is 1.35. The summed E-state index contributed by atoms with van der Waals surface area (Å²) in [6.45, 7) is 0. The van der Waals surface area contributed by atoms with Crippen LogP contribution in [0.3, 0.4) is 0 Å². The fourth-order valence-electron chi connectivity index (χ4n) is 2.51. The Kier molecular flexibility index (Phi) is 6.40. The SMILES string of the molecule is COc1ccc(OC)c(C(=O)NNC(=O)Cc2csc(-c3ccc(F)cc3)n2)c1. The van der Waals surface area contributed by atoms with Gasteiger partial charge in [0.15, 0.2) is 0 Å². The molecule has 2 amide bonds. The molecule has 2 aromatic carbocycles. The van der Waals surface area contributed by atoms with Crippen LogP contribution in [-0.2, 0) is 11.2 Å². The monoisotopic (exact) mass is 415 g/mol. The molecule has 0 atom stereocenters. The highest BCUT2D eigenvalue weighted by atomic mass is 32.1. The molecule has 0 radical (unpaired) electrons. The molecule has 0 saturated heterocycles. The molecule has 1 heterocycles. The van der Waals surface area contributed by atoms with Gasteiger partial charge in [0.2, 0.25) is 5.91 Å². The summed E-state index contributed by atoms with van der Waals surface area (Å²) in [5.74, 6) is -0.470. The molecule has 3 aromatic rings. The van der Waals surface area contributed by atoms with E-state index in [9.17, 15) is 14.0 Å². The summed E-state index contributed by atoms with van der Waals surface area (Å²) in [6, 6.07) is 10.7. The molecule has 0 bridgehead atoms. The van der Waals surface area contributed by atoms with Gasteiger partial charge in [-0.2, -0.15) is 0 Å². The average Bonchev–Trinajstić information content (AvgIpc) is 3.20. The van der Waals surface area contributed by atoms with Gasteiger partial charge in [-0.1, -0.05) is 0 Å². The zero-order valence-corrected chi connectivity index (χ0v) is 16.5. The Labute approximate surface area is 170 Å². The number of aromatic nitrogens is 1. The van der Waals surface area contributed by atoms with Gasteiger partial charge in [0.05, 0.1) is 31.9 Å². The summed E-state index contributed by atoms with van der Waals surface area (Å²) in [4.78, 5) is 28.9. The Morgan fingerprint density at radius 3 is 2.52 bits per heavy atom. The van der Waals surface area contributed by atoms with Crippen molar-refractivity contribution in [3.05, 3.63) is 64.9 Å². The van der Waals surface area contributed by atoms with Gasteiger partial charge in [0, 0.05) is 10.9 Å². The largest absolute Gasteiger partial charge is 0.497 e. The third-order valence-corrected chi connectivity index (χ3v) is 4.89. The molecule has 2 N–H and O–H groups in total. The Bertz CT molecular complexity index is 1020. The molecule has 9 heteroatoms. The number of rotatable bonds is 6. The van der Waals surface area contributed by atoms with Crippen molar-refractivity contribution in [3.63, 3.8) is 0 Å². The topological polar surface area (TPSA) is 89.5 Å². The number of nitrogens with zero attached hydrogens (tertiary/aromatic N) is 1. The number of hydrogen-bond acceptors (Lipinski definition) is 6. The van der Waals surface area contributed by atoms with Crippen molar-refractivity contribution in [1.82, 2.24) is 15.8 Å². The number of amides is 2. The highest BCUT2D eigenvalue weighted by Crippen LogP contribution is 2.25. The molecule has 0 spiro atoms. The summed E-state index contributed by atoms with van der Waals surface area (Å²) in [7, 11) is 2.93. The van der Waals surface area contributed by atoms with E-state index in [0.717, 1.165) is 5.56 Å². The van der Waals surface area contributed by atoms with Crippen LogP contribution < -0.4 is 20.3 Å². The maximum Gasteiger partial charge on any atom is 0.273 e. The van der Waals surface area contributed by atoms with Crippen molar-refractivity contribution in [3.8, 4) is 22.1 Å². The van der Waals surface area contributed by atoms with E-state index >= 15 is 0 Å². The first-order chi connectivity index (χ1) is 14.0. The summed E-state index contributed by atoms with van der Waals surface area (Å²) in [5.41, 5.74) is 6.23. The highest BCUT2D eigenvalue weighted by molar-refractivity contribution is 7.13. The van der Waals surface area contributed by atoms with Crippen molar-refractivity contribution in [2.75, 3.05) is 14.2 Å². The Hall–Kier alpha value is -3.46. The maximum atomic E-state index is 13.0. The van der Waals surface area contributed by atoms with Crippen molar-refractivity contribution in [1.29, 1.82) is 0 Å².